The van der Waals surface area contributed by atoms with Crippen molar-refractivity contribution in [3.05, 3.63) is 28.8 Å². The summed E-state index contributed by atoms with van der Waals surface area (Å²) in [6.07, 6.45) is 2.91. The first-order valence-corrected chi connectivity index (χ1v) is 4.19. The molecule has 12 heavy (non-hydrogen) atoms. The summed E-state index contributed by atoms with van der Waals surface area (Å²) in [5.41, 5.74) is 5.53. The molecule has 66 valence electrons. The summed E-state index contributed by atoms with van der Waals surface area (Å²) in [6, 6.07) is 0. The summed E-state index contributed by atoms with van der Waals surface area (Å²) >= 11 is 0. The third-order valence-electron chi connectivity index (χ3n) is 1.97. The summed E-state index contributed by atoms with van der Waals surface area (Å²) in [5.74, 6) is 0.861. The van der Waals surface area contributed by atoms with Gasteiger partial charge in [0.15, 0.2) is 5.76 Å². The lowest BCUT2D eigenvalue weighted by Gasteiger charge is -2.04. The van der Waals surface area contributed by atoms with Crippen LogP contribution in [0.3, 0.4) is 0 Å². The van der Waals surface area contributed by atoms with Gasteiger partial charge in [0.1, 0.15) is 0 Å². The molecule has 0 fully saturated rings. The van der Waals surface area contributed by atoms with Crippen LogP contribution in [0.1, 0.15) is 20.3 Å². The minimum Gasteiger partial charge on any atom is -0.489 e. The molecular formula is C10H15NO. The van der Waals surface area contributed by atoms with Gasteiger partial charge in [-0.25, -0.2) is 0 Å². The average Bonchev–Trinajstić information content (AvgIpc) is 2.47. The summed E-state index contributed by atoms with van der Waals surface area (Å²) in [5, 5.41) is 3.27. The van der Waals surface area contributed by atoms with Crippen molar-refractivity contribution < 1.29 is 4.74 Å². The van der Waals surface area contributed by atoms with E-state index in [0.717, 1.165) is 18.7 Å². The molecule has 0 unspecified atom stereocenters. The number of methoxy groups -OCH3 is 1. The van der Waals surface area contributed by atoms with Gasteiger partial charge in [0, 0.05) is 17.8 Å². The Labute approximate surface area is 73.6 Å². The van der Waals surface area contributed by atoms with Crippen LogP contribution in [-0.2, 0) is 4.74 Å². The molecule has 0 radical (unpaired) electrons. The molecule has 1 heterocycles. The van der Waals surface area contributed by atoms with E-state index in [-0.39, 0.29) is 0 Å². The highest BCUT2D eigenvalue weighted by Gasteiger charge is 2.14. The standard InChI is InChI=1S/C10H15NO/c1-4-5-10(12-3)9-6-7-11-8(9)2/h4,11H,6-7H2,1-3H3. The Balaban J connectivity index is 2.94. The fourth-order valence-corrected chi connectivity index (χ4v) is 1.35. The van der Waals surface area contributed by atoms with Gasteiger partial charge in [0.2, 0.25) is 0 Å². The molecular weight excluding hydrogens is 150 g/mol. The molecule has 0 bridgehead atoms. The van der Waals surface area contributed by atoms with E-state index in [1.54, 1.807) is 7.11 Å². The zero-order valence-corrected chi connectivity index (χ0v) is 7.90. The second-order valence-corrected chi connectivity index (χ2v) is 2.75. The Morgan fingerprint density at radius 2 is 2.42 bits per heavy atom. The Kier molecular flexibility index (Phi) is 3.01. The first-order chi connectivity index (χ1) is 5.79. The molecule has 0 aromatic carbocycles. The van der Waals surface area contributed by atoms with Crippen LogP contribution in [0.4, 0.5) is 0 Å². The van der Waals surface area contributed by atoms with Crippen molar-refractivity contribution >= 4 is 0 Å². The number of rotatable bonds is 2. The number of nitrogens with one attached hydrogen (secondary N) is 1. The molecule has 0 amide bonds. The summed E-state index contributed by atoms with van der Waals surface area (Å²) in [7, 11) is 1.68. The molecule has 1 N–H and O–H groups in total. The lowest BCUT2D eigenvalue weighted by Crippen LogP contribution is -2.03. The summed E-state index contributed by atoms with van der Waals surface area (Å²) in [4.78, 5) is 0. The first-order valence-electron chi connectivity index (χ1n) is 4.19. The molecule has 0 spiro atoms. The average molecular weight is 165 g/mol. The van der Waals surface area contributed by atoms with Crippen LogP contribution in [0.5, 0.6) is 0 Å². The van der Waals surface area contributed by atoms with E-state index < -0.39 is 0 Å². The highest BCUT2D eigenvalue weighted by molar-refractivity contribution is 5.32. The van der Waals surface area contributed by atoms with Crippen molar-refractivity contribution in [3.8, 4) is 0 Å². The van der Waals surface area contributed by atoms with Gasteiger partial charge < -0.3 is 10.1 Å². The van der Waals surface area contributed by atoms with Crippen LogP contribution < -0.4 is 5.32 Å². The Hall–Kier alpha value is -1.14. The fraction of sp³-hybridized carbons (Fsp3) is 0.500. The van der Waals surface area contributed by atoms with Crippen LogP contribution >= 0.6 is 0 Å². The Morgan fingerprint density at radius 3 is 2.83 bits per heavy atom. The maximum absolute atomic E-state index is 5.22. The van der Waals surface area contributed by atoms with Crippen molar-refractivity contribution in [2.45, 2.75) is 20.3 Å². The van der Waals surface area contributed by atoms with E-state index in [1.807, 2.05) is 13.0 Å². The molecule has 0 aliphatic carbocycles. The van der Waals surface area contributed by atoms with Crippen molar-refractivity contribution in [2.24, 2.45) is 0 Å². The molecule has 0 saturated carbocycles. The topological polar surface area (TPSA) is 21.3 Å². The van der Waals surface area contributed by atoms with Gasteiger partial charge in [0.05, 0.1) is 7.11 Å². The Morgan fingerprint density at radius 1 is 1.67 bits per heavy atom. The summed E-state index contributed by atoms with van der Waals surface area (Å²) < 4.78 is 5.22. The van der Waals surface area contributed by atoms with Gasteiger partial charge in [-0.2, -0.15) is 0 Å². The van der Waals surface area contributed by atoms with Gasteiger partial charge in [-0.15, -0.1) is 0 Å². The molecule has 1 rings (SSSR count). The van der Waals surface area contributed by atoms with Gasteiger partial charge in [-0.1, -0.05) is 5.73 Å². The molecule has 2 heteroatoms. The maximum Gasteiger partial charge on any atom is 0.166 e. The van der Waals surface area contributed by atoms with Gasteiger partial charge in [-0.05, 0) is 26.3 Å². The SMILES string of the molecule is CC=C=C(OC)C1=C(C)NCC1. The third kappa shape index (κ3) is 1.72. The van der Waals surface area contributed by atoms with Crippen molar-refractivity contribution in [1.82, 2.24) is 5.32 Å². The largest absolute Gasteiger partial charge is 0.489 e. The molecule has 2 nitrogen and oxygen atoms in total. The van der Waals surface area contributed by atoms with E-state index >= 15 is 0 Å². The molecule has 1 aliphatic heterocycles. The highest BCUT2D eigenvalue weighted by Crippen LogP contribution is 2.20. The number of allylic oxidation sites excluding steroid dienone is 2. The zero-order valence-electron chi connectivity index (χ0n) is 7.90. The molecule has 0 aromatic heterocycles. The molecule has 0 atom stereocenters. The Bertz CT molecular complexity index is 257. The van der Waals surface area contributed by atoms with Crippen molar-refractivity contribution in [1.29, 1.82) is 0 Å². The van der Waals surface area contributed by atoms with Crippen LogP contribution in [0, 0.1) is 0 Å². The van der Waals surface area contributed by atoms with Gasteiger partial charge in [0.25, 0.3) is 0 Å². The number of hydrogen-bond acceptors (Lipinski definition) is 2. The minimum absolute atomic E-state index is 0.861. The third-order valence-corrected chi connectivity index (χ3v) is 1.97. The van der Waals surface area contributed by atoms with Gasteiger partial charge >= 0.3 is 0 Å². The lowest BCUT2D eigenvalue weighted by molar-refractivity contribution is 0.300. The quantitative estimate of drug-likeness (QED) is 0.499. The smallest absolute Gasteiger partial charge is 0.166 e. The highest BCUT2D eigenvalue weighted by atomic mass is 16.5. The fourth-order valence-electron chi connectivity index (χ4n) is 1.35. The second-order valence-electron chi connectivity index (χ2n) is 2.75. The minimum atomic E-state index is 0.861. The van der Waals surface area contributed by atoms with E-state index in [4.69, 9.17) is 4.74 Å². The van der Waals surface area contributed by atoms with Crippen molar-refractivity contribution in [2.75, 3.05) is 13.7 Å². The second kappa shape index (κ2) is 4.03. The lowest BCUT2D eigenvalue weighted by atomic mass is 10.1. The van der Waals surface area contributed by atoms with Crippen LogP contribution in [-0.4, -0.2) is 13.7 Å². The van der Waals surface area contributed by atoms with E-state index in [0.29, 0.717) is 0 Å². The normalized spacial score (nSPS) is 15.2. The zero-order chi connectivity index (χ0) is 8.97. The van der Waals surface area contributed by atoms with E-state index in [9.17, 15) is 0 Å². The summed E-state index contributed by atoms with van der Waals surface area (Å²) in [6.45, 7) is 5.02. The van der Waals surface area contributed by atoms with Gasteiger partial charge in [-0.3, -0.25) is 0 Å². The molecule has 0 saturated heterocycles. The van der Waals surface area contributed by atoms with Crippen molar-refractivity contribution in [3.63, 3.8) is 0 Å². The van der Waals surface area contributed by atoms with Crippen LogP contribution in [0.25, 0.3) is 0 Å². The van der Waals surface area contributed by atoms with E-state index in [1.165, 1.54) is 11.3 Å². The van der Waals surface area contributed by atoms with E-state index in [2.05, 4.69) is 18.0 Å². The number of hydrogen-bond donors (Lipinski definition) is 1. The first kappa shape index (κ1) is 8.95. The number of ether oxygens (including phenoxy) is 1. The van der Waals surface area contributed by atoms with Crippen LogP contribution in [0.2, 0.25) is 0 Å². The van der Waals surface area contributed by atoms with Crippen LogP contribution in [0.15, 0.2) is 28.8 Å². The maximum atomic E-state index is 5.22. The molecule has 0 aromatic rings. The molecule has 1 aliphatic rings. The predicted molar refractivity (Wildman–Crippen MR) is 49.6 cm³/mol. The predicted octanol–water partition coefficient (Wildman–Crippen LogP) is 1.96. The monoisotopic (exact) mass is 165 g/mol.